The molecule has 0 spiro atoms. The summed E-state index contributed by atoms with van der Waals surface area (Å²) in [5, 5.41) is 12.8. The minimum atomic E-state index is -0.249. The molecule has 0 unspecified atom stereocenters. The highest BCUT2D eigenvalue weighted by Gasteiger charge is 2.29. The van der Waals surface area contributed by atoms with Crippen molar-refractivity contribution in [1.29, 1.82) is 0 Å². The Morgan fingerprint density at radius 3 is 2.72 bits per heavy atom. The third-order valence-corrected chi connectivity index (χ3v) is 5.56. The molecule has 0 radical (unpaired) electrons. The highest BCUT2D eigenvalue weighted by atomic mass is 35.5. The molecule has 25 heavy (non-hydrogen) atoms. The Balaban J connectivity index is 1.72. The van der Waals surface area contributed by atoms with Gasteiger partial charge in [-0.3, -0.25) is 4.79 Å². The Morgan fingerprint density at radius 1 is 1.32 bits per heavy atom. The van der Waals surface area contributed by atoms with Crippen molar-refractivity contribution >= 4 is 29.3 Å². The van der Waals surface area contributed by atoms with E-state index in [0.717, 1.165) is 18.8 Å². The topological polar surface area (TPSA) is 63.9 Å². The van der Waals surface area contributed by atoms with E-state index < -0.39 is 0 Å². The van der Waals surface area contributed by atoms with Gasteiger partial charge in [0.1, 0.15) is 0 Å². The van der Waals surface area contributed by atoms with Gasteiger partial charge in [-0.05, 0) is 53.8 Å². The van der Waals surface area contributed by atoms with Crippen LogP contribution >= 0.6 is 23.4 Å². The Bertz CT molecular complexity index is 742. The summed E-state index contributed by atoms with van der Waals surface area (Å²) in [5.41, 5.74) is 0.778. The summed E-state index contributed by atoms with van der Waals surface area (Å²) in [7, 11) is 0. The number of piperidine rings is 1. The number of nitrogens with zero attached hydrogens (tertiary/aromatic N) is 5. The summed E-state index contributed by atoms with van der Waals surface area (Å²) in [4.78, 5) is 14.8. The standard InChI is InChI=1S/C17H22ClN5OS/c1-11-7-12(2)10-22(9-11)16(24)13(3)25-17-19-20-21-23(17)15-6-4-5-14(18)8-15/h4-6,8,11-13H,7,9-10H2,1-3H3/t11-,12+,13-/m1/s1. The van der Waals surface area contributed by atoms with E-state index in [2.05, 4.69) is 29.4 Å². The maximum Gasteiger partial charge on any atom is 0.235 e. The zero-order valence-corrected chi connectivity index (χ0v) is 16.2. The molecule has 3 atom stereocenters. The number of amides is 1. The minimum Gasteiger partial charge on any atom is -0.341 e. The first-order valence-corrected chi connectivity index (χ1v) is 9.69. The van der Waals surface area contributed by atoms with Crippen LogP contribution in [0.5, 0.6) is 0 Å². The fraction of sp³-hybridized carbons (Fsp3) is 0.529. The molecule has 3 rings (SSSR count). The predicted octanol–water partition coefficient (Wildman–Crippen LogP) is 3.30. The maximum atomic E-state index is 12.8. The van der Waals surface area contributed by atoms with Crippen molar-refractivity contribution in [3.63, 3.8) is 0 Å². The van der Waals surface area contributed by atoms with Crippen LogP contribution in [-0.2, 0) is 4.79 Å². The third kappa shape index (κ3) is 4.33. The lowest BCUT2D eigenvalue weighted by Crippen LogP contribution is -2.45. The molecular formula is C17H22ClN5OS. The molecule has 2 heterocycles. The summed E-state index contributed by atoms with van der Waals surface area (Å²) in [6.07, 6.45) is 1.18. The Hall–Kier alpha value is -1.60. The lowest BCUT2D eigenvalue weighted by Gasteiger charge is -2.36. The Kier molecular flexibility index (Phi) is 5.64. The molecule has 1 fully saturated rings. The molecule has 0 saturated carbocycles. The lowest BCUT2D eigenvalue weighted by atomic mass is 9.92. The van der Waals surface area contributed by atoms with Crippen molar-refractivity contribution in [3.8, 4) is 5.69 Å². The first kappa shape index (κ1) is 18.2. The van der Waals surface area contributed by atoms with Crippen molar-refractivity contribution in [2.45, 2.75) is 37.6 Å². The average Bonchev–Trinajstić information content (AvgIpc) is 3.01. The molecule has 1 aliphatic heterocycles. The van der Waals surface area contributed by atoms with Gasteiger partial charge in [-0.1, -0.05) is 43.3 Å². The van der Waals surface area contributed by atoms with E-state index in [-0.39, 0.29) is 11.2 Å². The quantitative estimate of drug-likeness (QED) is 0.762. The molecular weight excluding hydrogens is 358 g/mol. The number of carbonyl (C=O) groups is 1. The van der Waals surface area contributed by atoms with Crippen LogP contribution < -0.4 is 0 Å². The van der Waals surface area contributed by atoms with Gasteiger partial charge in [-0.25, -0.2) is 0 Å². The van der Waals surface area contributed by atoms with Gasteiger partial charge in [0.25, 0.3) is 0 Å². The molecule has 6 nitrogen and oxygen atoms in total. The zero-order valence-electron chi connectivity index (χ0n) is 14.6. The largest absolute Gasteiger partial charge is 0.341 e. The first-order chi connectivity index (χ1) is 11.9. The van der Waals surface area contributed by atoms with E-state index in [1.807, 2.05) is 24.0 Å². The normalized spacial score (nSPS) is 22.0. The molecule has 1 aromatic heterocycles. The van der Waals surface area contributed by atoms with E-state index in [1.54, 1.807) is 16.8 Å². The number of benzene rings is 1. The summed E-state index contributed by atoms with van der Waals surface area (Å²) in [6, 6.07) is 7.32. The summed E-state index contributed by atoms with van der Waals surface area (Å²) in [5.74, 6) is 1.23. The Morgan fingerprint density at radius 2 is 2.04 bits per heavy atom. The van der Waals surface area contributed by atoms with E-state index in [9.17, 15) is 4.79 Å². The second kappa shape index (κ2) is 7.74. The number of likely N-dealkylation sites (tertiary alicyclic amines) is 1. The summed E-state index contributed by atoms with van der Waals surface area (Å²) in [6.45, 7) is 7.97. The number of carbonyl (C=O) groups excluding carboxylic acids is 1. The van der Waals surface area contributed by atoms with Gasteiger partial charge < -0.3 is 4.90 Å². The fourth-order valence-corrected chi connectivity index (χ4v) is 4.41. The molecule has 0 aliphatic carbocycles. The van der Waals surface area contributed by atoms with Crippen LogP contribution in [0.2, 0.25) is 5.02 Å². The van der Waals surface area contributed by atoms with Gasteiger partial charge >= 0.3 is 0 Å². The summed E-state index contributed by atoms with van der Waals surface area (Å²) >= 11 is 7.42. The number of tetrazole rings is 1. The number of hydrogen-bond acceptors (Lipinski definition) is 5. The van der Waals surface area contributed by atoms with Crippen LogP contribution in [0.15, 0.2) is 29.4 Å². The molecule has 1 aromatic carbocycles. The lowest BCUT2D eigenvalue weighted by molar-refractivity contribution is -0.132. The van der Waals surface area contributed by atoms with Gasteiger partial charge in [0.15, 0.2) is 0 Å². The van der Waals surface area contributed by atoms with Crippen LogP contribution in [-0.4, -0.2) is 49.4 Å². The molecule has 2 aromatic rings. The number of aromatic nitrogens is 4. The smallest absolute Gasteiger partial charge is 0.235 e. The van der Waals surface area contributed by atoms with E-state index in [1.165, 1.54) is 18.2 Å². The second-order valence-corrected chi connectivity index (χ2v) is 8.55. The number of halogens is 1. The van der Waals surface area contributed by atoms with Crippen LogP contribution in [0, 0.1) is 11.8 Å². The van der Waals surface area contributed by atoms with Crippen molar-refractivity contribution in [3.05, 3.63) is 29.3 Å². The molecule has 1 amide bonds. The van der Waals surface area contributed by atoms with E-state index in [0.29, 0.717) is 22.0 Å². The van der Waals surface area contributed by atoms with Crippen molar-refractivity contribution in [2.75, 3.05) is 13.1 Å². The highest BCUT2D eigenvalue weighted by Crippen LogP contribution is 2.27. The van der Waals surface area contributed by atoms with Crippen LogP contribution in [0.4, 0.5) is 0 Å². The third-order valence-electron chi connectivity index (χ3n) is 4.30. The number of rotatable bonds is 4. The monoisotopic (exact) mass is 379 g/mol. The molecule has 8 heteroatoms. The van der Waals surface area contributed by atoms with Gasteiger partial charge in [-0.15, -0.1) is 5.10 Å². The van der Waals surface area contributed by atoms with Crippen molar-refractivity contribution in [1.82, 2.24) is 25.1 Å². The van der Waals surface area contributed by atoms with Crippen LogP contribution in [0.25, 0.3) is 5.69 Å². The zero-order chi connectivity index (χ0) is 18.0. The van der Waals surface area contributed by atoms with E-state index in [4.69, 9.17) is 11.6 Å². The SMILES string of the molecule is C[C@@H]1C[C@H](C)CN(C(=O)[C@@H](C)Sc2nnnn2-c2cccc(Cl)c2)C1. The van der Waals surface area contributed by atoms with Crippen LogP contribution in [0.1, 0.15) is 27.2 Å². The second-order valence-electron chi connectivity index (χ2n) is 6.80. The molecule has 1 aliphatic rings. The van der Waals surface area contributed by atoms with E-state index >= 15 is 0 Å². The minimum absolute atomic E-state index is 0.143. The van der Waals surface area contributed by atoms with Gasteiger partial charge in [0, 0.05) is 18.1 Å². The van der Waals surface area contributed by atoms with Crippen molar-refractivity contribution in [2.24, 2.45) is 11.8 Å². The fourth-order valence-electron chi connectivity index (χ4n) is 3.33. The first-order valence-electron chi connectivity index (χ1n) is 8.43. The highest BCUT2D eigenvalue weighted by molar-refractivity contribution is 8.00. The maximum absolute atomic E-state index is 12.8. The molecule has 134 valence electrons. The van der Waals surface area contributed by atoms with Gasteiger partial charge in [-0.2, -0.15) is 4.68 Å². The molecule has 1 saturated heterocycles. The van der Waals surface area contributed by atoms with Crippen LogP contribution in [0.3, 0.4) is 0 Å². The number of thioether (sulfide) groups is 1. The molecule has 0 N–H and O–H groups in total. The van der Waals surface area contributed by atoms with Crippen molar-refractivity contribution < 1.29 is 4.79 Å². The number of hydrogen-bond donors (Lipinski definition) is 0. The van der Waals surface area contributed by atoms with Gasteiger partial charge in [0.2, 0.25) is 11.1 Å². The predicted molar refractivity (Wildman–Crippen MR) is 99.0 cm³/mol. The molecule has 0 bridgehead atoms. The van der Waals surface area contributed by atoms with Gasteiger partial charge in [0.05, 0.1) is 10.9 Å². The average molecular weight is 380 g/mol. The summed E-state index contributed by atoms with van der Waals surface area (Å²) < 4.78 is 1.61. The Labute approximate surface area is 156 Å².